The first-order chi connectivity index (χ1) is 24.8. The third kappa shape index (κ3) is 17.4. The Labute approximate surface area is 345 Å². The van der Waals surface area contributed by atoms with Crippen LogP contribution in [-0.2, 0) is 33.1 Å². The van der Waals surface area contributed by atoms with Crippen LogP contribution in [0.25, 0.3) is 0 Å². The Balaban J connectivity index is 0.000000360. The fourth-order valence-electron chi connectivity index (χ4n) is 5.46. The molecule has 4 aromatic rings. The first-order valence-electron chi connectivity index (χ1n) is 17.9. The summed E-state index contributed by atoms with van der Waals surface area (Å²) in [5.41, 5.74) is 1.74. The van der Waals surface area contributed by atoms with Crippen LogP contribution in [0.3, 0.4) is 0 Å². The summed E-state index contributed by atoms with van der Waals surface area (Å²) in [4.78, 5) is -0.516. The van der Waals surface area contributed by atoms with Gasteiger partial charge in [-0.15, -0.1) is 5.75 Å². The number of hydrogen-bond donors (Lipinski definition) is 2. The zero-order valence-electron chi connectivity index (χ0n) is 30.7. The molecule has 0 bridgehead atoms. The topological polar surface area (TPSA) is 173 Å². The van der Waals surface area contributed by atoms with Gasteiger partial charge in [-0.3, -0.25) is 4.55 Å². The number of phenols is 1. The molecule has 53 heavy (non-hydrogen) atoms. The van der Waals surface area contributed by atoms with E-state index in [2.05, 4.69) is 13.8 Å². The van der Waals surface area contributed by atoms with E-state index < -0.39 is 20.2 Å². The standard InChI is InChI=1S/2C20H26O5S.Ca/c2*1-2-3-4-5-6-7-8-16-9-14-19(26(22,23)24)15-20(16)25-18-12-10-17(21)11-13-18;/h2*9-15,21H,2-8H2,1H3,(H,22,23,24);/q;;+2/p-2. The minimum atomic E-state index is -4.56. The summed E-state index contributed by atoms with van der Waals surface area (Å²) in [6.07, 6.45) is 15.3. The van der Waals surface area contributed by atoms with Crippen LogP contribution in [0.5, 0.6) is 34.5 Å². The van der Waals surface area contributed by atoms with Crippen molar-refractivity contribution in [3.63, 3.8) is 0 Å². The second-order valence-electron chi connectivity index (χ2n) is 12.7. The molecule has 0 aromatic heterocycles. The normalized spacial score (nSPS) is 11.2. The second kappa shape index (κ2) is 23.8. The molecule has 0 aliphatic rings. The maximum Gasteiger partial charge on any atom is 2.00 e. The van der Waals surface area contributed by atoms with E-state index in [1.54, 1.807) is 24.3 Å². The minimum absolute atomic E-state index is 0. The molecule has 0 aliphatic heterocycles. The SMILES string of the molecule is CCCCCCCCc1ccc(S(=O)(=O)O)cc1Oc1ccc(O)cc1.CCCCCCCCc1ccc(S(=O)(=O)[O-])cc1Oc1ccc([O-])cc1.[Ca+2]. The summed E-state index contributed by atoms with van der Waals surface area (Å²) < 4.78 is 77.6. The van der Waals surface area contributed by atoms with E-state index >= 15 is 0 Å². The maximum atomic E-state index is 11.4. The first-order valence-corrected chi connectivity index (χ1v) is 20.8. The third-order valence-corrected chi connectivity index (χ3v) is 10.1. The molecule has 4 aromatic carbocycles. The summed E-state index contributed by atoms with van der Waals surface area (Å²) in [6.45, 7) is 4.36. The fourth-order valence-corrected chi connectivity index (χ4v) is 6.44. The number of aryl methyl sites for hydroxylation is 2. The molecule has 0 amide bonds. The average Bonchev–Trinajstić information content (AvgIpc) is 3.10. The molecule has 10 nitrogen and oxygen atoms in total. The number of ether oxygens (including phenoxy) is 2. The number of unbranched alkanes of at least 4 members (excludes halogenated alkanes) is 10. The smallest absolute Gasteiger partial charge is 0.872 e. The summed E-state index contributed by atoms with van der Waals surface area (Å²) in [7, 11) is -8.85. The number of rotatable bonds is 20. The molecule has 284 valence electrons. The van der Waals surface area contributed by atoms with E-state index in [4.69, 9.17) is 9.47 Å². The predicted molar refractivity (Wildman–Crippen MR) is 205 cm³/mol. The largest absolute Gasteiger partial charge is 2.00 e. The van der Waals surface area contributed by atoms with Crippen LogP contribution in [0.2, 0.25) is 0 Å². The average molecular weight is 795 g/mol. The first kappa shape index (κ1) is 46.3. The minimum Gasteiger partial charge on any atom is -0.872 e. The van der Waals surface area contributed by atoms with E-state index in [1.165, 1.54) is 112 Å². The molecular formula is C40H50CaO10S2. The Morgan fingerprint density at radius 3 is 1.40 bits per heavy atom. The third-order valence-electron chi connectivity index (χ3n) is 8.38. The van der Waals surface area contributed by atoms with Gasteiger partial charge in [-0.1, -0.05) is 102 Å². The zero-order valence-corrected chi connectivity index (χ0v) is 34.5. The molecule has 0 aliphatic carbocycles. The van der Waals surface area contributed by atoms with Gasteiger partial charge in [0.15, 0.2) is 0 Å². The van der Waals surface area contributed by atoms with Crippen molar-refractivity contribution in [3.8, 4) is 34.5 Å². The number of hydrogen-bond acceptors (Lipinski definition) is 9. The van der Waals surface area contributed by atoms with Crippen molar-refractivity contribution in [1.29, 1.82) is 0 Å². The zero-order chi connectivity index (χ0) is 38.0. The Kier molecular flexibility index (Phi) is 20.8. The predicted octanol–water partition coefficient (Wildman–Crippen LogP) is 9.31. The van der Waals surface area contributed by atoms with Crippen LogP contribution in [-0.4, -0.2) is 68.8 Å². The summed E-state index contributed by atoms with van der Waals surface area (Å²) >= 11 is 0. The number of aromatic hydroxyl groups is 1. The molecule has 0 spiro atoms. The van der Waals surface area contributed by atoms with Gasteiger partial charge in [0.25, 0.3) is 10.1 Å². The van der Waals surface area contributed by atoms with E-state index in [0.717, 1.165) is 49.7 Å². The van der Waals surface area contributed by atoms with Gasteiger partial charge in [-0.05, 0) is 91.4 Å². The van der Waals surface area contributed by atoms with Crippen molar-refractivity contribution in [2.45, 2.75) is 114 Å². The molecule has 0 saturated heterocycles. The van der Waals surface area contributed by atoms with Crippen molar-refractivity contribution in [3.05, 3.63) is 96.1 Å². The summed E-state index contributed by atoms with van der Waals surface area (Å²) in [5, 5.41) is 20.6. The molecule has 2 N–H and O–H groups in total. The summed E-state index contributed by atoms with van der Waals surface area (Å²) in [6, 6.07) is 20.6. The molecule has 0 fully saturated rings. The molecule has 0 saturated carbocycles. The Hall–Kier alpha value is -2.84. The molecule has 0 radical (unpaired) electrons. The van der Waals surface area contributed by atoms with E-state index in [0.29, 0.717) is 23.0 Å². The van der Waals surface area contributed by atoms with Gasteiger partial charge in [0.2, 0.25) is 0 Å². The Morgan fingerprint density at radius 1 is 0.566 bits per heavy atom. The van der Waals surface area contributed by atoms with Crippen LogP contribution in [0, 0.1) is 0 Å². The van der Waals surface area contributed by atoms with Crippen molar-refractivity contribution in [2.24, 2.45) is 0 Å². The molecular weight excluding hydrogens is 745 g/mol. The molecule has 0 unspecified atom stereocenters. The van der Waals surface area contributed by atoms with Gasteiger partial charge in [0.1, 0.15) is 38.9 Å². The fraction of sp³-hybridized carbons (Fsp3) is 0.400. The quantitative estimate of drug-likeness (QED) is 0.0499. The number of benzene rings is 4. The van der Waals surface area contributed by atoms with Gasteiger partial charge in [0.05, 0.1) is 9.79 Å². The van der Waals surface area contributed by atoms with Crippen LogP contribution in [0.15, 0.2) is 94.7 Å². The maximum absolute atomic E-state index is 11.4. The van der Waals surface area contributed by atoms with Gasteiger partial charge in [0, 0.05) is 6.07 Å². The van der Waals surface area contributed by atoms with Gasteiger partial charge < -0.3 is 24.2 Å². The van der Waals surface area contributed by atoms with Crippen molar-refractivity contribution in [1.82, 2.24) is 0 Å². The molecule has 13 heteroatoms. The monoisotopic (exact) mass is 794 g/mol. The van der Waals surface area contributed by atoms with Crippen LogP contribution >= 0.6 is 0 Å². The van der Waals surface area contributed by atoms with E-state index in [-0.39, 0.29) is 59.0 Å². The van der Waals surface area contributed by atoms with Crippen LogP contribution in [0.1, 0.15) is 102 Å². The van der Waals surface area contributed by atoms with Crippen LogP contribution < -0.4 is 14.6 Å². The second-order valence-corrected chi connectivity index (χ2v) is 15.5. The van der Waals surface area contributed by atoms with E-state index in [9.17, 15) is 36.2 Å². The van der Waals surface area contributed by atoms with Crippen molar-refractivity contribution in [2.75, 3.05) is 0 Å². The van der Waals surface area contributed by atoms with Gasteiger partial charge in [-0.25, -0.2) is 8.42 Å². The molecule has 0 heterocycles. The summed E-state index contributed by atoms with van der Waals surface area (Å²) in [5.74, 6) is 1.64. The van der Waals surface area contributed by atoms with Crippen molar-refractivity contribution >= 4 is 58.0 Å². The number of phenolic OH excluding ortho intramolecular Hbond substituents is 1. The van der Waals surface area contributed by atoms with Crippen molar-refractivity contribution < 1.29 is 45.6 Å². The van der Waals surface area contributed by atoms with Crippen LogP contribution in [0.4, 0.5) is 0 Å². The molecule has 4 rings (SSSR count). The Bertz CT molecular complexity index is 1740. The van der Waals surface area contributed by atoms with Gasteiger partial charge >= 0.3 is 37.7 Å². The van der Waals surface area contributed by atoms with E-state index in [1.807, 2.05) is 0 Å². The molecule has 0 atom stereocenters. The Morgan fingerprint density at radius 2 is 0.962 bits per heavy atom. The van der Waals surface area contributed by atoms with Gasteiger partial charge in [-0.2, -0.15) is 8.42 Å².